The summed E-state index contributed by atoms with van der Waals surface area (Å²) in [5.74, 6) is -1.85. The number of rotatable bonds is 3. The maximum absolute atomic E-state index is 11.9. The number of carboxylic acids is 1. The molecule has 0 spiro atoms. The molecular weight excluding hydrogens is 246 g/mol. The lowest BCUT2D eigenvalue weighted by Gasteiger charge is -2.25. The number of likely N-dealkylation sites (tertiary alicyclic amines) is 1. The minimum atomic E-state index is -3.49. The molecule has 1 amide bonds. The molecule has 98 valence electrons. The van der Waals surface area contributed by atoms with Crippen molar-refractivity contribution >= 4 is 21.7 Å². The SMILES string of the molecule is CC1CCN(C(=O)C(C)S(C)(=O)=O)C1C(=O)O. The molecule has 1 heterocycles. The maximum Gasteiger partial charge on any atom is 0.326 e. The monoisotopic (exact) mass is 263 g/mol. The zero-order chi connectivity index (χ0) is 13.4. The standard InChI is InChI=1S/C10H17NO5S/c1-6-4-5-11(8(6)10(13)14)9(12)7(2)17(3,15)16/h6-8H,4-5H2,1-3H3,(H,13,14). The van der Waals surface area contributed by atoms with Gasteiger partial charge in [0.2, 0.25) is 5.91 Å². The van der Waals surface area contributed by atoms with Crippen LogP contribution < -0.4 is 0 Å². The summed E-state index contributed by atoms with van der Waals surface area (Å²) in [4.78, 5) is 24.2. The highest BCUT2D eigenvalue weighted by atomic mass is 32.2. The molecule has 1 N–H and O–H groups in total. The van der Waals surface area contributed by atoms with Gasteiger partial charge in [0.25, 0.3) is 0 Å². The molecule has 0 aliphatic carbocycles. The van der Waals surface area contributed by atoms with Crippen LogP contribution >= 0.6 is 0 Å². The first-order chi connectivity index (χ1) is 7.66. The van der Waals surface area contributed by atoms with Gasteiger partial charge in [0, 0.05) is 12.8 Å². The molecule has 0 bridgehead atoms. The number of hydrogen-bond donors (Lipinski definition) is 1. The van der Waals surface area contributed by atoms with Crippen molar-refractivity contribution in [2.45, 2.75) is 31.6 Å². The van der Waals surface area contributed by atoms with Crippen LogP contribution in [0, 0.1) is 5.92 Å². The number of sulfone groups is 1. The fourth-order valence-electron chi connectivity index (χ4n) is 1.99. The predicted octanol–water partition coefficient (Wildman–Crippen LogP) is -0.259. The van der Waals surface area contributed by atoms with Gasteiger partial charge in [-0.3, -0.25) is 4.79 Å². The molecule has 0 aromatic carbocycles. The predicted molar refractivity (Wildman–Crippen MR) is 61.2 cm³/mol. The molecule has 1 rings (SSSR count). The molecule has 17 heavy (non-hydrogen) atoms. The Labute approximate surface area is 101 Å². The van der Waals surface area contributed by atoms with E-state index in [1.807, 2.05) is 0 Å². The van der Waals surface area contributed by atoms with Crippen molar-refractivity contribution in [3.05, 3.63) is 0 Å². The summed E-state index contributed by atoms with van der Waals surface area (Å²) in [6.07, 6.45) is 1.56. The molecule has 0 aromatic heterocycles. The van der Waals surface area contributed by atoms with Crippen molar-refractivity contribution in [1.29, 1.82) is 0 Å². The van der Waals surface area contributed by atoms with E-state index in [0.29, 0.717) is 13.0 Å². The van der Waals surface area contributed by atoms with Gasteiger partial charge in [-0.25, -0.2) is 13.2 Å². The van der Waals surface area contributed by atoms with E-state index < -0.39 is 33.0 Å². The zero-order valence-electron chi connectivity index (χ0n) is 10.1. The normalized spacial score (nSPS) is 26.9. The Hall–Kier alpha value is -1.11. The summed E-state index contributed by atoms with van der Waals surface area (Å²) in [6.45, 7) is 3.34. The van der Waals surface area contributed by atoms with Crippen LogP contribution in [0.1, 0.15) is 20.3 Å². The number of carboxylic acid groups (broad SMARTS) is 1. The Morgan fingerprint density at radius 2 is 1.94 bits per heavy atom. The molecule has 1 saturated heterocycles. The Morgan fingerprint density at radius 1 is 1.41 bits per heavy atom. The van der Waals surface area contributed by atoms with Crippen molar-refractivity contribution in [1.82, 2.24) is 4.90 Å². The second-order valence-electron chi connectivity index (χ2n) is 4.55. The Balaban J connectivity index is 2.94. The Kier molecular flexibility index (Phi) is 3.81. The molecule has 3 unspecified atom stereocenters. The molecule has 6 nitrogen and oxygen atoms in total. The van der Waals surface area contributed by atoms with Gasteiger partial charge in [-0.1, -0.05) is 6.92 Å². The molecule has 1 fully saturated rings. The van der Waals surface area contributed by atoms with Gasteiger partial charge in [-0.05, 0) is 19.3 Å². The third kappa shape index (κ3) is 2.77. The van der Waals surface area contributed by atoms with Gasteiger partial charge in [-0.2, -0.15) is 0 Å². The van der Waals surface area contributed by atoms with E-state index in [-0.39, 0.29) is 5.92 Å². The fourth-order valence-corrected chi connectivity index (χ4v) is 2.49. The number of amides is 1. The lowest BCUT2D eigenvalue weighted by Crippen LogP contribution is -2.48. The third-order valence-electron chi connectivity index (χ3n) is 3.23. The summed E-state index contributed by atoms with van der Waals surface area (Å²) < 4.78 is 22.6. The average Bonchev–Trinajstić information content (AvgIpc) is 2.56. The highest BCUT2D eigenvalue weighted by Gasteiger charge is 2.42. The van der Waals surface area contributed by atoms with Gasteiger partial charge in [0.05, 0.1) is 0 Å². The van der Waals surface area contributed by atoms with Crippen LogP contribution in [0.4, 0.5) is 0 Å². The summed E-state index contributed by atoms with van der Waals surface area (Å²) >= 11 is 0. The van der Waals surface area contributed by atoms with E-state index >= 15 is 0 Å². The molecule has 0 radical (unpaired) electrons. The molecule has 3 atom stereocenters. The van der Waals surface area contributed by atoms with Crippen molar-refractivity contribution in [2.75, 3.05) is 12.8 Å². The third-order valence-corrected chi connectivity index (χ3v) is 4.71. The van der Waals surface area contributed by atoms with Crippen LogP contribution in [-0.2, 0) is 19.4 Å². The largest absolute Gasteiger partial charge is 0.480 e. The van der Waals surface area contributed by atoms with E-state index in [4.69, 9.17) is 5.11 Å². The minimum absolute atomic E-state index is 0.150. The number of carbonyl (C=O) groups excluding carboxylic acids is 1. The van der Waals surface area contributed by atoms with Gasteiger partial charge in [0.1, 0.15) is 11.3 Å². The van der Waals surface area contributed by atoms with E-state index in [0.717, 1.165) is 6.26 Å². The number of hydrogen-bond acceptors (Lipinski definition) is 4. The van der Waals surface area contributed by atoms with Crippen LogP contribution in [0.15, 0.2) is 0 Å². The van der Waals surface area contributed by atoms with Crippen molar-refractivity contribution in [3.63, 3.8) is 0 Å². The second kappa shape index (κ2) is 4.64. The molecule has 1 aliphatic rings. The highest BCUT2D eigenvalue weighted by Crippen LogP contribution is 2.25. The molecule has 7 heteroatoms. The first kappa shape index (κ1) is 14.0. The van der Waals surface area contributed by atoms with Crippen LogP contribution in [0.25, 0.3) is 0 Å². The summed E-state index contributed by atoms with van der Waals surface area (Å²) in [5, 5.41) is 7.86. The van der Waals surface area contributed by atoms with Crippen LogP contribution in [0.2, 0.25) is 0 Å². The maximum atomic E-state index is 11.9. The molecule has 1 aliphatic heterocycles. The van der Waals surface area contributed by atoms with Crippen LogP contribution in [-0.4, -0.2) is 54.4 Å². The van der Waals surface area contributed by atoms with Gasteiger partial charge in [-0.15, -0.1) is 0 Å². The van der Waals surface area contributed by atoms with Crippen molar-refractivity contribution in [2.24, 2.45) is 5.92 Å². The van der Waals surface area contributed by atoms with Gasteiger partial charge < -0.3 is 10.0 Å². The van der Waals surface area contributed by atoms with Crippen molar-refractivity contribution in [3.8, 4) is 0 Å². The van der Waals surface area contributed by atoms with Crippen LogP contribution in [0.5, 0.6) is 0 Å². The molecular formula is C10H17NO5S. The lowest BCUT2D eigenvalue weighted by molar-refractivity contribution is -0.149. The van der Waals surface area contributed by atoms with E-state index in [9.17, 15) is 18.0 Å². The number of nitrogens with zero attached hydrogens (tertiary/aromatic N) is 1. The average molecular weight is 263 g/mol. The molecule has 0 aromatic rings. The topological polar surface area (TPSA) is 91.8 Å². The Morgan fingerprint density at radius 3 is 2.35 bits per heavy atom. The highest BCUT2D eigenvalue weighted by molar-refractivity contribution is 7.92. The lowest BCUT2D eigenvalue weighted by atomic mass is 10.0. The second-order valence-corrected chi connectivity index (χ2v) is 6.92. The fraction of sp³-hybridized carbons (Fsp3) is 0.800. The number of carbonyl (C=O) groups is 2. The van der Waals surface area contributed by atoms with Gasteiger partial charge in [0.15, 0.2) is 9.84 Å². The summed E-state index contributed by atoms with van der Waals surface area (Å²) in [7, 11) is -3.49. The Bertz CT molecular complexity index is 430. The summed E-state index contributed by atoms with van der Waals surface area (Å²) in [5.41, 5.74) is 0. The summed E-state index contributed by atoms with van der Waals surface area (Å²) in [6, 6.07) is -0.910. The first-order valence-electron chi connectivity index (χ1n) is 5.38. The van der Waals surface area contributed by atoms with Crippen molar-refractivity contribution < 1.29 is 23.1 Å². The van der Waals surface area contributed by atoms with E-state index in [1.165, 1.54) is 11.8 Å². The first-order valence-corrected chi connectivity index (χ1v) is 7.34. The smallest absolute Gasteiger partial charge is 0.326 e. The number of aliphatic carboxylic acids is 1. The molecule has 0 saturated carbocycles. The quantitative estimate of drug-likeness (QED) is 0.757. The van der Waals surface area contributed by atoms with E-state index in [2.05, 4.69) is 0 Å². The zero-order valence-corrected chi connectivity index (χ0v) is 10.9. The van der Waals surface area contributed by atoms with E-state index in [1.54, 1.807) is 6.92 Å². The van der Waals surface area contributed by atoms with Crippen LogP contribution in [0.3, 0.4) is 0 Å². The van der Waals surface area contributed by atoms with Gasteiger partial charge >= 0.3 is 5.97 Å². The minimum Gasteiger partial charge on any atom is -0.480 e.